The first-order valence-corrected chi connectivity index (χ1v) is 6.86. The van der Waals surface area contributed by atoms with E-state index >= 15 is 0 Å². The predicted octanol–water partition coefficient (Wildman–Crippen LogP) is 3.30. The van der Waals surface area contributed by atoms with Crippen molar-refractivity contribution in [2.75, 3.05) is 7.11 Å². The third kappa shape index (κ3) is 2.87. The van der Waals surface area contributed by atoms with Crippen LogP contribution in [0.3, 0.4) is 0 Å². The number of benzene rings is 1. The van der Waals surface area contributed by atoms with E-state index < -0.39 is 0 Å². The summed E-state index contributed by atoms with van der Waals surface area (Å²) in [7, 11) is 1.55. The molecule has 0 aliphatic carbocycles. The predicted molar refractivity (Wildman–Crippen MR) is 76.6 cm³/mol. The zero-order chi connectivity index (χ0) is 13.8. The molecule has 2 aromatic rings. The van der Waals surface area contributed by atoms with Crippen LogP contribution in [-0.4, -0.2) is 22.7 Å². The van der Waals surface area contributed by atoms with Crippen molar-refractivity contribution in [2.24, 2.45) is 0 Å². The van der Waals surface area contributed by atoms with Gasteiger partial charge in [-0.3, -0.25) is 9.48 Å². The Labute approximate surface area is 120 Å². The second-order valence-corrected chi connectivity index (χ2v) is 5.04. The van der Waals surface area contributed by atoms with Crippen molar-refractivity contribution in [2.45, 2.75) is 19.9 Å². The highest BCUT2D eigenvalue weighted by Crippen LogP contribution is 2.22. The van der Waals surface area contributed by atoms with Gasteiger partial charge in [0.1, 0.15) is 0 Å². The lowest BCUT2D eigenvalue weighted by Gasteiger charge is -2.07. The third-order valence-electron chi connectivity index (χ3n) is 2.78. The number of ether oxygens (including phenoxy) is 1. The molecular formula is C14H15BrN2O2. The lowest BCUT2D eigenvalue weighted by atomic mass is 10.1. The van der Waals surface area contributed by atoms with E-state index in [1.54, 1.807) is 30.1 Å². The second kappa shape index (κ2) is 6.02. The molecule has 0 saturated carbocycles. The number of carbonyl (C=O) groups is 1. The molecule has 100 valence electrons. The van der Waals surface area contributed by atoms with Crippen LogP contribution in [-0.2, 0) is 6.54 Å². The summed E-state index contributed by atoms with van der Waals surface area (Å²) in [5.74, 6) is 0.441. The average molecular weight is 323 g/mol. The molecule has 4 nitrogen and oxygen atoms in total. The van der Waals surface area contributed by atoms with Gasteiger partial charge in [-0.05, 0) is 30.7 Å². The molecule has 0 saturated heterocycles. The number of methoxy groups -OCH3 is 1. The monoisotopic (exact) mass is 322 g/mol. The Kier molecular flexibility index (Phi) is 4.37. The normalized spacial score (nSPS) is 10.5. The van der Waals surface area contributed by atoms with E-state index in [0.717, 1.165) is 10.9 Å². The number of rotatable bonds is 5. The van der Waals surface area contributed by atoms with Crippen LogP contribution in [0.15, 0.2) is 34.9 Å². The maximum absolute atomic E-state index is 12.5. The van der Waals surface area contributed by atoms with Gasteiger partial charge in [-0.1, -0.05) is 22.9 Å². The summed E-state index contributed by atoms with van der Waals surface area (Å²) in [5.41, 5.74) is 1.13. The van der Waals surface area contributed by atoms with Crippen LogP contribution < -0.4 is 4.74 Å². The second-order valence-electron chi connectivity index (χ2n) is 4.12. The first kappa shape index (κ1) is 13.8. The Morgan fingerprint density at radius 3 is 2.63 bits per heavy atom. The molecule has 0 spiro atoms. The fraction of sp³-hybridized carbons (Fsp3) is 0.286. The number of nitrogens with zero attached hydrogens (tertiary/aromatic N) is 2. The SMILES string of the molecule is CCCn1ncc(OC)c1C(=O)c1ccc(Br)cc1. The van der Waals surface area contributed by atoms with Gasteiger partial charge < -0.3 is 4.74 Å². The fourth-order valence-electron chi connectivity index (χ4n) is 1.87. The molecule has 0 atom stereocenters. The van der Waals surface area contributed by atoms with Crippen LogP contribution in [0, 0.1) is 0 Å². The number of hydrogen-bond donors (Lipinski definition) is 0. The van der Waals surface area contributed by atoms with Gasteiger partial charge in [-0.2, -0.15) is 5.10 Å². The largest absolute Gasteiger partial charge is 0.493 e. The molecular weight excluding hydrogens is 308 g/mol. The van der Waals surface area contributed by atoms with Crippen LogP contribution in [0.4, 0.5) is 0 Å². The lowest BCUT2D eigenvalue weighted by molar-refractivity contribution is 0.102. The molecule has 0 unspecified atom stereocenters. The summed E-state index contributed by atoms with van der Waals surface area (Å²) < 4.78 is 7.87. The summed E-state index contributed by atoms with van der Waals surface area (Å²) in [5, 5.41) is 4.20. The molecule has 0 aliphatic rings. The summed E-state index contributed by atoms with van der Waals surface area (Å²) in [6.45, 7) is 2.74. The summed E-state index contributed by atoms with van der Waals surface area (Å²) >= 11 is 3.36. The first-order chi connectivity index (χ1) is 9.17. The minimum atomic E-state index is -0.0738. The quantitative estimate of drug-likeness (QED) is 0.793. The lowest BCUT2D eigenvalue weighted by Crippen LogP contribution is -2.12. The molecule has 0 N–H and O–H groups in total. The summed E-state index contributed by atoms with van der Waals surface area (Å²) in [4.78, 5) is 12.5. The van der Waals surface area contributed by atoms with Crippen LogP contribution in [0.2, 0.25) is 0 Å². The number of aryl methyl sites for hydroxylation is 1. The molecule has 1 heterocycles. The van der Waals surface area contributed by atoms with Gasteiger partial charge in [0, 0.05) is 16.6 Å². The average Bonchev–Trinajstić information content (AvgIpc) is 2.82. The molecule has 0 fully saturated rings. The molecule has 0 aliphatic heterocycles. The molecule has 19 heavy (non-hydrogen) atoms. The zero-order valence-electron chi connectivity index (χ0n) is 10.9. The molecule has 0 radical (unpaired) electrons. The Morgan fingerprint density at radius 1 is 1.37 bits per heavy atom. The number of halogens is 1. The Bertz CT molecular complexity index is 576. The molecule has 0 amide bonds. The highest BCUT2D eigenvalue weighted by atomic mass is 79.9. The highest BCUT2D eigenvalue weighted by molar-refractivity contribution is 9.10. The maximum Gasteiger partial charge on any atom is 0.214 e. The van der Waals surface area contributed by atoms with Crippen molar-refractivity contribution in [3.8, 4) is 5.75 Å². The third-order valence-corrected chi connectivity index (χ3v) is 3.31. The highest BCUT2D eigenvalue weighted by Gasteiger charge is 2.20. The van der Waals surface area contributed by atoms with Crippen LogP contribution in [0.1, 0.15) is 29.4 Å². The van der Waals surface area contributed by atoms with Crippen molar-refractivity contribution in [3.63, 3.8) is 0 Å². The van der Waals surface area contributed by atoms with Gasteiger partial charge in [0.15, 0.2) is 11.4 Å². The van der Waals surface area contributed by atoms with E-state index in [1.165, 1.54) is 0 Å². The molecule has 2 rings (SSSR count). The van der Waals surface area contributed by atoms with Crippen molar-refractivity contribution in [3.05, 3.63) is 46.2 Å². The van der Waals surface area contributed by atoms with E-state index in [2.05, 4.69) is 21.0 Å². The van der Waals surface area contributed by atoms with E-state index in [4.69, 9.17) is 4.74 Å². The number of aromatic nitrogens is 2. The van der Waals surface area contributed by atoms with Crippen LogP contribution in [0.5, 0.6) is 5.75 Å². The number of hydrogen-bond acceptors (Lipinski definition) is 3. The van der Waals surface area contributed by atoms with Gasteiger partial charge in [-0.25, -0.2) is 0 Å². The van der Waals surface area contributed by atoms with E-state index in [-0.39, 0.29) is 5.78 Å². The van der Waals surface area contributed by atoms with Gasteiger partial charge in [-0.15, -0.1) is 0 Å². The van der Waals surface area contributed by atoms with E-state index in [1.807, 2.05) is 19.1 Å². The van der Waals surface area contributed by atoms with E-state index in [9.17, 15) is 4.79 Å². The Morgan fingerprint density at radius 2 is 2.05 bits per heavy atom. The van der Waals surface area contributed by atoms with Crippen LogP contribution >= 0.6 is 15.9 Å². The molecule has 1 aromatic heterocycles. The van der Waals surface area contributed by atoms with Crippen molar-refractivity contribution in [1.29, 1.82) is 0 Å². The van der Waals surface area contributed by atoms with Gasteiger partial charge in [0.25, 0.3) is 0 Å². The maximum atomic E-state index is 12.5. The smallest absolute Gasteiger partial charge is 0.214 e. The topological polar surface area (TPSA) is 44.1 Å². The Balaban J connectivity index is 2.42. The zero-order valence-corrected chi connectivity index (χ0v) is 12.5. The number of ketones is 1. The van der Waals surface area contributed by atoms with Crippen molar-refractivity contribution in [1.82, 2.24) is 9.78 Å². The van der Waals surface area contributed by atoms with Gasteiger partial charge in [0.05, 0.1) is 13.3 Å². The minimum absolute atomic E-state index is 0.0738. The van der Waals surface area contributed by atoms with Gasteiger partial charge >= 0.3 is 0 Å². The van der Waals surface area contributed by atoms with Crippen molar-refractivity contribution < 1.29 is 9.53 Å². The van der Waals surface area contributed by atoms with Crippen molar-refractivity contribution >= 4 is 21.7 Å². The summed E-state index contributed by atoms with van der Waals surface area (Å²) in [6.07, 6.45) is 2.49. The molecule has 5 heteroatoms. The standard InChI is InChI=1S/C14H15BrN2O2/c1-3-8-17-13(12(19-2)9-16-17)14(18)10-4-6-11(15)7-5-10/h4-7,9H,3,8H2,1-2H3. The first-order valence-electron chi connectivity index (χ1n) is 6.07. The fourth-order valence-corrected chi connectivity index (χ4v) is 2.13. The minimum Gasteiger partial charge on any atom is -0.493 e. The molecule has 1 aromatic carbocycles. The van der Waals surface area contributed by atoms with Crippen LogP contribution in [0.25, 0.3) is 0 Å². The number of carbonyl (C=O) groups excluding carboxylic acids is 1. The molecule has 0 bridgehead atoms. The van der Waals surface area contributed by atoms with Gasteiger partial charge in [0.2, 0.25) is 5.78 Å². The van der Waals surface area contributed by atoms with E-state index in [0.29, 0.717) is 23.6 Å². The Hall–Kier alpha value is -1.62. The summed E-state index contributed by atoms with van der Waals surface area (Å²) in [6, 6.07) is 7.27.